The van der Waals surface area contributed by atoms with Crippen LogP contribution in [0, 0.1) is 12.3 Å². The monoisotopic (exact) mass is 389 g/mol. The molecular weight excluding hydrogens is 370 g/mol. The molecule has 1 atom stereocenters. The first-order valence-electron chi connectivity index (χ1n) is 8.88. The van der Waals surface area contributed by atoms with Crippen molar-refractivity contribution in [2.75, 3.05) is 11.9 Å². The number of fused-ring (bicyclic) bond motifs is 1. The van der Waals surface area contributed by atoms with Crippen molar-refractivity contribution in [3.05, 3.63) is 60.8 Å². The van der Waals surface area contributed by atoms with E-state index in [4.69, 9.17) is 6.42 Å². The van der Waals surface area contributed by atoms with Gasteiger partial charge in [0.1, 0.15) is 0 Å². The van der Waals surface area contributed by atoms with Gasteiger partial charge in [-0.25, -0.2) is 15.0 Å². The van der Waals surface area contributed by atoms with Crippen LogP contribution in [0.15, 0.2) is 55.1 Å². The fourth-order valence-electron chi connectivity index (χ4n) is 2.97. The van der Waals surface area contributed by atoms with Crippen LogP contribution < -0.4 is 5.32 Å². The summed E-state index contributed by atoms with van der Waals surface area (Å²) in [5.74, 6) is 3.06. The molecule has 140 valence electrons. The number of benzene rings is 1. The van der Waals surface area contributed by atoms with Gasteiger partial charge in [0.15, 0.2) is 0 Å². The van der Waals surface area contributed by atoms with Crippen LogP contribution in [0.2, 0.25) is 0 Å². The Hall–Kier alpha value is -3.21. The lowest BCUT2D eigenvalue weighted by Gasteiger charge is -2.15. The second kappa shape index (κ2) is 8.21. The molecule has 0 bridgehead atoms. The molecule has 3 aromatic heterocycles. The van der Waals surface area contributed by atoms with Gasteiger partial charge in [-0.1, -0.05) is 24.1 Å². The lowest BCUT2D eigenvalue weighted by molar-refractivity contribution is 0.272. The van der Waals surface area contributed by atoms with E-state index in [1.54, 1.807) is 23.9 Å². The van der Waals surface area contributed by atoms with E-state index in [0.29, 0.717) is 18.9 Å². The van der Waals surface area contributed by atoms with Crippen molar-refractivity contribution in [3.8, 4) is 22.9 Å². The highest BCUT2D eigenvalue weighted by Crippen LogP contribution is 2.32. The largest absolute Gasteiger partial charge is 0.394 e. The zero-order valence-corrected chi connectivity index (χ0v) is 15.9. The van der Waals surface area contributed by atoms with Crippen molar-refractivity contribution in [1.29, 1.82) is 0 Å². The number of rotatable bonds is 7. The Kier molecular flexibility index (Phi) is 5.33. The molecule has 28 heavy (non-hydrogen) atoms. The van der Waals surface area contributed by atoms with Gasteiger partial charge < -0.3 is 15.0 Å². The van der Waals surface area contributed by atoms with Crippen molar-refractivity contribution in [1.82, 2.24) is 19.5 Å². The summed E-state index contributed by atoms with van der Waals surface area (Å²) in [7, 11) is 0. The first-order chi connectivity index (χ1) is 13.7. The SMILES string of the molecule is C#CCn1cnc(C[C@@H](CO)Nc2nccc(-c3cc4ccccc4s3)n2)c1. The number of hydrogen-bond acceptors (Lipinski definition) is 6. The second-order valence-electron chi connectivity index (χ2n) is 6.38. The quantitative estimate of drug-likeness (QED) is 0.475. The average Bonchev–Trinajstić information content (AvgIpc) is 3.34. The Bertz CT molecular complexity index is 1090. The smallest absolute Gasteiger partial charge is 0.223 e. The Labute approximate surface area is 166 Å². The predicted molar refractivity (Wildman–Crippen MR) is 112 cm³/mol. The van der Waals surface area contributed by atoms with E-state index in [1.807, 2.05) is 29.0 Å². The molecule has 4 rings (SSSR count). The van der Waals surface area contributed by atoms with Gasteiger partial charge in [0.2, 0.25) is 5.95 Å². The highest BCUT2D eigenvalue weighted by Gasteiger charge is 2.13. The number of aliphatic hydroxyl groups excluding tert-OH is 1. The number of thiophene rings is 1. The van der Waals surface area contributed by atoms with Crippen molar-refractivity contribution in [2.24, 2.45) is 0 Å². The van der Waals surface area contributed by atoms with E-state index in [1.165, 1.54) is 10.1 Å². The molecule has 0 saturated carbocycles. The van der Waals surface area contributed by atoms with E-state index >= 15 is 0 Å². The van der Waals surface area contributed by atoms with Gasteiger partial charge in [-0.3, -0.25) is 0 Å². The number of aromatic nitrogens is 4. The van der Waals surface area contributed by atoms with E-state index in [9.17, 15) is 5.11 Å². The molecular formula is C21H19N5OS. The normalized spacial score (nSPS) is 12.0. The summed E-state index contributed by atoms with van der Waals surface area (Å²) in [5.41, 5.74) is 1.70. The molecule has 0 unspecified atom stereocenters. The van der Waals surface area contributed by atoms with Gasteiger partial charge >= 0.3 is 0 Å². The summed E-state index contributed by atoms with van der Waals surface area (Å²) in [4.78, 5) is 14.3. The fraction of sp³-hybridized carbons (Fsp3) is 0.190. The maximum absolute atomic E-state index is 9.76. The van der Waals surface area contributed by atoms with Gasteiger partial charge in [-0.2, -0.15) is 0 Å². The molecule has 1 aromatic carbocycles. The van der Waals surface area contributed by atoms with Gasteiger partial charge in [0, 0.05) is 23.5 Å². The van der Waals surface area contributed by atoms with Gasteiger partial charge in [0.05, 0.1) is 41.8 Å². The minimum atomic E-state index is -0.244. The molecule has 0 aliphatic heterocycles. The summed E-state index contributed by atoms with van der Waals surface area (Å²) < 4.78 is 3.06. The maximum Gasteiger partial charge on any atom is 0.223 e. The minimum absolute atomic E-state index is 0.0571. The van der Waals surface area contributed by atoms with E-state index in [2.05, 4.69) is 44.4 Å². The van der Waals surface area contributed by atoms with Crippen LogP contribution in [-0.2, 0) is 13.0 Å². The average molecular weight is 389 g/mol. The molecule has 2 N–H and O–H groups in total. The van der Waals surface area contributed by atoms with Crippen LogP contribution in [0.5, 0.6) is 0 Å². The predicted octanol–water partition coefficient (Wildman–Crippen LogP) is 3.20. The molecule has 0 spiro atoms. The lowest BCUT2D eigenvalue weighted by atomic mass is 10.2. The Morgan fingerprint density at radius 1 is 1.25 bits per heavy atom. The van der Waals surface area contributed by atoms with Crippen molar-refractivity contribution in [2.45, 2.75) is 19.0 Å². The number of hydrogen-bond donors (Lipinski definition) is 2. The topological polar surface area (TPSA) is 75.9 Å². The zero-order chi connectivity index (χ0) is 19.3. The third-order valence-corrected chi connectivity index (χ3v) is 5.44. The lowest BCUT2D eigenvalue weighted by Crippen LogP contribution is -2.27. The Morgan fingerprint density at radius 2 is 2.14 bits per heavy atom. The first-order valence-corrected chi connectivity index (χ1v) is 9.70. The highest BCUT2D eigenvalue weighted by molar-refractivity contribution is 7.22. The number of aliphatic hydroxyl groups is 1. The van der Waals surface area contributed by atoms with Gasteiger partial charge in [-0.05, 0) is 23.6 Å². The van der Waals surface area contributed by atoms with Gasteiger partial charge in [0.25, 0.3) is 0 Å². The van der Waals surface area contributed by atoms with Crippen LogP contribution in [0.3, 0.4) is 0 Å². The van der Waals surface area contributed by atoms with Crippen LogP contribution >= 0.6 is 11.3 Å². The Morgan fingerprint density at radius 3 is 2.96 bits per heavy atom. The molecule has 0 radical (unpaired) electrons. The third kappa shape index (κ3) is 4.03. The Balaban J connectivity index is 1.50. The fourth-order valence-corrected chi connectivity index (χ4v) is 4.01. The number of nitrogens with zero attached hydrogens (tertiary/aromatic N) is 4. The minimum Gasteiger partial charge on any atom is -0.394 e. The summed E-state index contributed by atoms with van der Waals surface area (Å²) in [6.45, 7) is 0.420. The molecule has 0 amide bonds. The molecule has 0 saturated heterocycles. The highest BCUT2D eigenvalue weighted by atomic mass is 32.1. The van der Waals surface area contributed by atoms with Gasteiger partial charge in [-0.15, -0.1) is 17.8 Å². The zero-order valence-electron chi connectivity index (χ0n) is 15.1. The maximum atomic E-state index is 9.76. The van der Waals surface area contributed by atoms with Crippen LogP contribution in [0.4, 0.5) is 5.95 Å². The molecule has 0 aliphatic rings. The number of nitrogens with one attached hydrogen (secondary N) is 1. The summed E-state index contributed by atoms with van der Waals surface area (Å²) in [6.07, 6.45) is 11.2. The van der Waals surface area contributed by atoms with Crippen LogP contribution in [-0.4, -0.2) is 37.3 Å². The number of anilines is 1. The molecule has 0 fully saturated rings. The number of imidazole rings is 1. The number of terminal acetylenes is 1. The third-order valence-electron chi connectivity index (χ3n) is 4.30. The summed E-state index contributed by atoms with van der Waals surface area (Å²) in [5, 5.41) is 14.2. The summed E-state index contributed by atoms with van der Waals surface area (Å²) in [6, 6.07) is 12.0. The molecule has 6 nitrogen and oxygen atoms in total. The molecule has 0 aliphatic carbocycles. The first kappa shape index (κ1) is 18.2. The molecule has 4 aromatic rings. The van der Waals surface area contributed by atoms with Crippen molar-refractivity contribution in [3.63, 3.8) is 0 Å². The van der Waals surface area contributed by atoms with Crippen molar-refractivity contribution < 1.29 is 5.11 Å². The summed E-state index contributed by atoms with van der Waals surface area (Å²) >= 11 is 1.70. The van der Waals surface area contributed by atoms with E-state index in [0.717, 1.165) is 16.3 Å². The molecule has 7 heteroatoms. The molecule has 3 heterocycles. The van der Waals surface area contributed by atoms with Crippen molar-refractivity contribution >= 4 is 27.4 Å². The van der Waals surface area contributed by atoms with E-state index < -0.39 is 0 Å². The van der Waals surface area contributed by atoms with E-state index in [-0.39, 0.29) is 12.6 Å². The standard InChI is InChI=1S/C21H19N5OS/c1-2-9-26-12-16(23-14-26)11-17(13-27)24-21-22-8-7-18(25-21)20-10-15-5-3-4-6-19(15)28-20/h1,3-8,10,12,14,17,27H,9,11,13H2,(H,22,24,25)/t17-/m0/s1. The second-order valence-corrected chi connectivity index (χ2v) is 7.47. The van der Waals surface area contributed by atoms with Crippen LogP contribution in [0.25, 0.3) is 20.7 Å². The van der Waals surface area contributed by atoms with Crippen LogP contribution in [0.1, 0.15) is 5.69 Å².